The van der Waals surface area contributed by atoms with Crippen molar-refractivity contribution < 1.29 is 9.53 Å². The highest BCUT2D eigenvalue weighted by atomic mass is 35.5. The second-order valence-electron chi connectivity index (χ2n) is 6.57. The van der Waals surface area contributed by atoms with Gasteiger partial charge in [-0.25, -0.2) is 0 Å². The van der Waals surface area contributed by atoms with E-state index in [-0.39, 0.29) is 5.91 Å². The number of rotatable bonds is 3. The van der Waals surface area contributed by atoms with E-state index in [1.807, 2.05) is 17.0 Å². The van der Waals surface area contributed by atoms with E-state index in [0.717, 1.165) is 24.1 Å². The SMILES string of the molecule is COc1ccc2[nH]cc(C3CCN(C(=O)c4cc(Cl)c(Cl)[nH]4)CC3)c2c1. The summed E-state index contributed by atoms with van der Waals surface area (Å²) < 4.78 is 5.35. The Labute approximate surface area is 161 Å². The van der Waals surface area contributed by atoms with E-state index in [1.165, 1.54) is 10.9 Å². The lowest BCUT2D eigenvalue weighted by Gasteiger charge is -2.31. The molecule has 4 rings (SSSR count). The van der Waals surface area contributed by atoms with Crippen LogP contribution in [-0.4, -0.2) is 41.0 Å². The van der Waals surface area contributed by atoms with Crippen molar-refractivity contribution in [2.24, 2.45) is 0 Å². The maximum absolute atomic E-state index is 12.6. The van der Waals surface area contributed by atoms with E-state index in [2.05, 4.69) is 22.2 Å². The van der Waals surface area contributed by atoms with Gasteiger partial charge in [-0.15, -0.1) is 0 Å². The zero-order valence-corrected chi connectivity index (χ0v) is 15.8. The first-order valence-corrected chi connectivity index (χ1v) is 9.30. The Kier molecular flexibility index (Phi) is 4.59. The van der Waals surface area contributed by atoms with E-state index < -0.39 is 0 Å². The second-order valence-corrected chi connectivity index (χ2v) is 7.35. The fraction of sp³-hybridized carbons (Fsp3) is 0.316. The summed E-state index contributed by atoms with van der Waals surface area (Å²) in [5.74, 6) is 1.21. The van der Waals surface area contributed by atoms with E-state index in [4.69, 9.17) is 27.9 Å². The summed E-state index contributed by atoms with van der Waals surface area (Å²) in [6.07, 6.45) is 3.91. The number of nitrogens with zero attached hydrogens (tertiary/aromatic N) is 1. The molecule has 136 valence electrons. The summed E-state index contributed by atoms with van der Waals surface area (Å²) in [4.78, 5) is 20.6. The van der Waals surface area contributed by atoms with E-state index >= 15 is 0 Å². The quantitative estimate of drug-likeness (QED) is 0.671. The van der Waals surface area contributed by atoms with Gasteiger partial charge in [-0.1, -0.05) is 23.2 Å². The van der Waals surface area contributed by atoms with Crippen molar-refractivity contribution in [2.45, 2.75) is 18.8 Å². The molecule has 0 aliphatic carbocycles. The van der Waals surface area contributed by atoms with Crippen molar-refractivity contribution >= 4 is 40.0 Å². The van der Waals surface area contributed by atoms with Crippen LogP contribution in [0.15, 0.2) is 30.5 Å². The van der Waals surface area contributed by atoms with Gasteiger partial charge in [-0.3, -0.25) is 4.79 Å². The van der Waals surface area contributed by atoms with Gasteiger partial charge in [0.2, 0.25) is 0 Å². The molecule has 5 nitrogen and oxygen atoms in total. The van der Waals surface area contributed by atoms with Crippen LogP contribution >= 0.6 is 23.2 Å². The maximum Gasteiger partial charge on any atom is 0.270 e. The molecule has 1 aliphatic heterocycles. The van der Waals surface area contributed by atoms with E-state index in [1.54, 1.807) is 13.2 Å². The van der Waals surface area contributed by atoms with Crippen molar-refractivity contribution in [3.63, 3.8) is 0 Å². The standard InChI is InChI=1S/C19H19Cl2N3O2/c1-26-12-2-3-16-13(8-12)14(10-22-16)11-4-6-24(7-5-11)19(25)17-9-15(20)18(21)23-17/h2-3,8-11,22-23H,4-7H2,1H3. The molecule has 3 heterocycles. The fourth-order valence-electron chi connectivity index (χ4n) is 3.67. The van der Waals surface area contributed by atoms with Crippen molar-refractivity contribution in [1.29, 1.82) is 0 Å². The maximum atomic E-state index is 12.6. The third-order valence-corrected chi connectivity index (χ3v) is 5.79. The number of aromatic amines is 2. The first-order valence-electron chi connectivity index (χ1n) is 8.55. The van der Waals surface area contributed by atoms with Crippen molar-refractivity contribution in [1.82, 2.24) is 14.9 Å². The molecule has 2 aromatic heterocycles. The molecular formula is C19H19Cl2N3O2. The number of halogens is 2. The number of hydrogen-bond acceptors (Lipinski definition) is 2. The van der Waals surface area contributed by atoms with Crippen LogP contribution in [-0.2, 0) is 0 Å². The summed E-state index contributed by atoms with van der Waals surface area (Å²) in [7, 11) is 1.68. The second kappa shape index (κ2) is 6.89. The van der Waals surface area contributed by atoms with Crippen molar-refractivity contribution in [2.75, 3.05) is 20.2 Å². The van der Waals surface area contributed by atoms with Crippen LogP contribution in [0.4, 0.5) is 0 Å². The lowest BCUT2D eigenvalue weighted by molar-refractivity contribution is 0.0708. The number of aromatic nitrogens is 2. The molecule has 0 radical (unpaired) electrons. The van der Waals surface area contributed by atoms with Gasteiger partial charge in [0.25, 0.3) is 5.91 Å². The molecule has 0 atom stereocenters. The number of H-pyrrole nitrogens is 2. The smallest absolute Gasteiger partial charge is 0.270 e. The molecule has 0 saturated carbocycles. The molecule has 0 unspecified atom stereocenters. The number of amides is 1. The molecule has 0 bridgehead atoms. The Morgan fingerprint density at radius 2 is 2.00 bits per heavy atom. The highest BCUT2D eigenvalue weighted by Crippen LogP contribution is 2.35. The molecule has 2 N–H and O–H groups in total. The molecule has 1 aromatic carbocycles. The van der Waals surface area contributed by atoms with Gasteiger partial charge in [0.05, 0.1) is 12.1 Å². The van der Waals surface area contributed by atoms with Gasteiger partial charge in [-0.05, 0) is 48.6 Å². The van der Waals surface area contributed by atoms with Crippen LogP contribution in [0, 0.1) is 0 Å². The van der Waals surface area contributed by atoms with Crippen LogP contribution in [0.1, 0.15) is 34.8 Å². The molecular weight excluding hydrogens is 373 g/mol. The van der Waals surface area contributed by atoms with E-state index in [0.29, 0.717) is 34.9 Å². The lowest BCUT2D eigenvalue weighted by atomic mass is 9.89. The Morgan fingerprint density at radius 3 is 2.65 bits per heavy atom. The zero-order chi connectivity index (χ0) is 18.3. The molecule has 26 heavy (non-hydrogen) atoms. The van der Waals surface area contributed by atoms with Crippen molar-refractivity contribution in [3.05, 3.63) is 51.9 Å². The summed E-state index contributed by atoms with van der Waals surface area (Å²) in [6, 6.07) is 7.65. The number of hydrogen-bond donors (Lipinski definition) is 2. The van der Waals surface area contributed by atoms with Gasteiger partial charge >= 0.3 is 0 Å². The van der Waals surface area contributed by atoms with E-state index in [9.17, 15) is 4.79 Å². The molecule has 1 fully saturated rings. The van der Waals surface area contributed by atoms with Crippen LogP contribution in [0.5, 0.6) is 5.75 Å². The predicted molar refractivity (Wildman–Crippen MR) is 104 cm³/mol. The number of piperidine rings is 1. The molecule has 1 amide bonds. The number of carbonyl (C=O) groups is 1. The number of methoxy groups -OCH3 is 1. The fourth-order valence-corrected chi connectivity index (χ4v) is 3.98. The highest BCUT2D eigenvalue weighted by Gasteiger charge is 2.27. The number of nitrogens with one attached hydrogen (secondary N) is 2. The molecule has 7 heteroatoms. The normalized spacial score (nSPS) is 15.6. The zero-order valence-electron chi connectivity index (χ0n) is 14.3. The summed E-state index contributed by atoms with van der Waals surface area (Å²) in [5.41, 5.74) is 2.84. The summed E-state index contributed by atoms with van der Waals surface area (Å²) in [6.45, 7) is 1.41. The van der Waals surface area contributed by atoms with Crippen LogP contribution in [0.25, 0.3) is 10.9 Å². The average molecular weight is 392 g/mol. The Bertz CT molecular complexity index is 936. The number of likely N-dealkylation sites (tertiary alicyclic amines) is 1. The minimum atomic E-state index is -0.0576. The molecule has 1 saturated heterocycles. The highest BCUT2D eigenvalue weighted by molar-refractivity contribution is 6.41. The van der Waals surface area contributed by atoms with Crippen LogP contribution in [0.2, 0.25) is 10.2 Å². The number of carbonyl (C=O) groups excluding carboxylic acids is 1. The summed E-state index contributed by atoms with van der Waals surface area (Å²) >= 11 is 11.8. The summed E-state index contributed by atoms with van der Waals surface area (Å²) in [5, 5.41) is 1.87. The number of ether oxygens (including phenoxy) is 1. The van der Waals surface area contributed by atoms with Gasteiger partial charge in [0.15, 0.2) is 0 Å². The Balaban J connectivity index is 1.49. The number of benzene rings is 1. The van der Waals surface area contributed by atoms with Gasteiger partial charge in [0.1, 0.15) is 16.6 Å². The van der Waals surface area contributed by atoms with Crippen LogP contribution < -0.4 is 4.74 Å². The third kappa shape index (κ3) is 3.06. The molecule has 3 aromatic rings. The van der Waals surface area contributed by atoms with Gasteiger partial charge in [-0.2, -0.15) is 0 Å². The molecule has 0 spiro atoms. The van der Waals surface area contributed by atoms with Gasteiger partial charge < -0.3 is 19.6 Å². The average Bonchev–Trinajstić information content (AvgIpc) is 3.24. The first-order chi connectivity index (χ1) is 12.6. The predicted octanol–water partition coefficient (Wildman–Crippen LogP) is 4.83. The third-order valence-electron chi connectivity index (χ3n) is 5.10. The Morgan fingerprint density at radius 1 is 1.23 bits per heavy atom. The first kappa shape index (κ1) is 17.3. The topological polar surface area (TPSA) is 61.1 Å². The van der Waals surface area contributed by atoms with Gasteiger partial charge in [0, 0.05) is 30.2 Å². The monoisotopic (exact) mass is 391 g/mol. The minimum absolute atomic E-state index is 0.0576. The largest absolute Gasteiger partial charge is 0.497 e. The minimum Gasteiger partial charge on any atom is -0.497 e. The molecule has 1 aliphatic rings. The number of fused-ring (bicyclic) bond motifs is 1. The van der Waals surface area contributed by atoms with Crippen molar-refractivity contribution in [3.8, 4) is 5.75 Å². The Hall–Kier alpha value is -2.11. The lowest BCUT2D eigenvalue weighted by Crippen LogP contribution is -2.38. The van der Waals surface area contributed by atoms with Crippen LogP contribution in [0.3, 0.4) is 0 Å².